The van der Waals surface area contributed by atoms with Gasteiger partial charge in [0.05, 0.1) is 11.0 Å². The molecule has 3 nitrogen and oxygen atoms in total. The Hall–Kier alpha value is -8.18. The van der Waals surface area contributed by atoms with Gasteiger partial charge in [0.2, 0.25) is 0 Å². The average Bonchev–Trinajstić information content (AvgIpc) is 3.91. The maximum Gasteiger partial charge on any atom is 0.0619 e. The molecule has 0 N–H and O–H groups in total. The topological polar surface area (TPSA) is 11.4 Å². The van der Waals surface area contributed by atoms with Gasteiger partial charge in [-0.05, 0) is 126 Å². The van der Waals surface area contributed by atoms with Crippen molar-refractivity contribution in [1.29, 1.82) is 0 Å². The number of hydrogen-bond donors (Lipinski definition) is 0. The highest BCUT2D eigenvalue weighted by atomic mass is 32.1. The van der Waals surface area contributed by atoms with Crippen molar-refractivity contribution < 1.29 is 0 Å². The van der Waals surface area contributed by atoms with E-state index in [9.17, 15) is 0 Å². The minimum atomic E-state index is 1.10. The normalized spacial score (nSPS) is 11.4. The first-order chi connectivity index (χ1) is 31.7. The first kappa shape index (κ1) is 37.6. The van der Waals surface area contributed by atoms with Gasteiger partial charge in [-0.25, -0.2) is 0 Å². The van der Waals surface area contributed by atoms with Gasteiger partial charge in [0.15, 0.2) is 0 Å². The van der Waals surface area contributed by atoms with Gasteiger partial charge in [-0.15, -0.1) is 11.3 Å². The number of aromatic nitrogens is 1. The Morgan fingerprint density at radius 2 is 0.750 bits per heavy atom. The lowest BCUT2D eigenvalue weighted by Gasteiger charge is -2.26. The standard InChI is InChI=1S/C60H41N3S/c1-5-17-45(18-6-1)61(46-19-7-2-8-20-46)49-33-29-42(30-34-49)44-39-55(43-31-35-50(36-32-43)62(47-21-9-3-10-22-47)48-23-11-4-12-24-48)60-56(40-44)52-25-13-15-27-57(52)63(60)51-37-38-54-53-26-14-16-28-58(53)64-59(54)41-51/h1-41H. The van der Waals surface area contributed by atoms with Gasteiger partial charge in [0.25, 0.3) is 0 Å². The second kappa shape index (κ2) is 15.9. The van der Waals surface area contributed by atoms with E-state index in [1.54, 1.807) is 0 Å². The Labute approximate surface area is 376 Å². The Bertz CT molecular complexity index is 3500. The number of fused-ring (bicyclic) bond motifs is 6. The summed E-state index contributed by atoms with van der Waals surface area (Å²) in [5.74, 6) is 0. The van der Waals surface area contributed by atoms with Gasteiger partial charge >= 0.3 is 0 Å². The lowest BCUT2D eigenvalue weighted by Crippen LogP contribution is -2.09. The van der Waals surface area contributed by atoms with E-state index in [0.29, 0.717) is 0 Å². The Kier molecular flexibility index (Phi) is 9.36. The van der Waals surface area contributed by atoms with Crippen LogP contribution in [0.2, 0.25) is 0 Å². The number of nitrogens with zero attached hydrogens (tertiary/aromatic N) is 3. The molecule has 0 saturated heterocycles. The molecule has 0 bridgehead atoms. The number of hydrogen-bond acceptors (Lipinski definition) is 3. The lowest BCUT2D eigenvalue weighted by molar-refractivity contribution is 1.19. The van der Waals surface area contributed by atoms with Crippen molar-refractivity contribution >= 4 is 87.4 Å². The summed E-state index contributed by atoms with van der Waals surface area (Å²) in [6, 6.07) is 90.0. The highest BCUT2D eigenvalue weighted by Crippen LogP contribution is 2.45. The second-order valence-corrected chi connectivity index (χ2v) is 17.2. The van der Waals surface area contributed by atoms with Crippen LogP contribution in [0, 0.1) is 0 Å². The van der Waals surface area contributed by atoms with Crippen LogP contribution >= 0.6 is 11.3 Å². The molecule has 12 rings (SSSR count). The van der Waals surface area contributed by atoms with Crippen molar-refractivity contribution in [3.8, 4) is 27.9 Å². The molecule has 0 spiro atoms. The van der Waals surface area contributed by atoms with Crippen LogP contribution in [-0.4, -0.2) is 4.57 Å². The fourth-order valence-electron chi connectivity index (χ4n) is 9.40. The van der Waals surface area contributed by atoms with E-state index in [4.69, 9.17) is 0 Å². The molecule has 302 valence electrons. The molecule has 64 heavy (non-hydrogen) atoms. The molecular weight excluding hydrogens is 795 g/mol. The van der Waals surface area contributed by atoms with E-state index in [-0.39, 0.29) is 0 Å². The molecule has 0 aliphatic rings. The Balaban J connectivity index is 1.05. The molecule has 0 unspecified atom stereocenters. The van der Waals surface area contributed by atoms with Gasteiger partial charge in [-0.2, -0.15) is 0 Å². The second-order valence-electron chi connectivity index (χ2n) is 16.2. The lowest BCUT2D eigenvalue weighted by atomic mass is 9.95. The zero-order valence-electron chi connectivity index (χ0n) is 34.9. The number of anilines is 6. The molecule has 12 aromatic rings. The Morgan fingerprint density at radius 1 is 0.297 bits per heavy atom. The molecule has 2 heterocycles. The minimum Gasteiger partial charge on any atom is -0.311 e. The molecule has 0 amide bonds. The minimum absolute atomic E-state index is 1.10. The van der Waals surface area contributed by atoms with Crippen LogP contribution in [0.5, 0.6) is 0 Å². The van der Waals surface area contributed by atoms with E-state index in [2.05, 4.69) is 263 Å². The summed E-state index contributed by atoms with van der Waals surface area (Å²) in [5, 5.41) is 5.05. The van der Waals surface area contributed by atoms with Crippen molar-refractivity contribution in [3.05, 3.63) is 249 Å². The molecule has 0 aliphatic heterocycles. The summed E-state index contributed by atoms with van der Waals surface area (Å²) in [6.07, 6.45) is 0. The summed E-state index contributed by atoms with van der Waals surface area (Å²) in [7, 11) is 0. The molecule has 0 radical (unpaired) electrons. The zero-order valence-corrected chi connectivity index (χ0v) is 35.7. The van der Waals surface area contributed by atoms with Gasteiger partial charge in [0, 0.05) is 76.3 Å². The predicted octanol–water partition coefficient (Wildman–Crippen LogP) is 17.4. The summed E-state index contributed by atoms with van der Waals surface area (Å²) < 4.78 is 5.08. The van der Waals surface area contributed by atoms with Crippen molar-refractivity contribution in [3.63, 3.8) is 0 Å². The number of thiophene rings is 1. The average molecular weight is 836 g/mol. The molecule has 0 saturated carbocycles. The van der Waals surface area contributed by atoms with Crippen LogP contribution in [0.1, 0.15) is 0 Å². The van der Waals surface area contributed by atoms with Gasteiger partial charge in [-0.1, -0.05) is 140 Å². The third-order valence-corrected chi connectivity index (χ3v) is 13.5. The van der Waals surface area contributed by atoms with Crippen LogP contribution in [0.25, 0.3) is 69.9 Å². The van der Waals surface area contributed by atoms with E-state index >= 15 is 0 Å². The first-order valence-corrected chi connectivity index (χ1v) is 22.6. The third-order valence-electron chi connectivity index (χ3n) is 12.3. The molecular formula is C60H41N3S. The number of para-hydroxylation sites is 5. The summed E-state index contributed by atoms with van der Waals surface area (Å²) in [4.78, 5) is 4.64. The maximum atomic E-state index is 2.49. The molecule has 0 fully saturated rings. The van der Waals surface area contributed by atoms with Gasteiger partial charge < -0.3 is 14.4 Å². The zero-order chi connectivity index (χ0) is 42.4. The smallest absolute Gasteiger partial charge is 0.0619 e. The summed E-state index contributed by atoms with van der Waals surface area (Å²) >= 11 is 1.86. The fourth-order valence-corrected chi connectivity index (χ4v) is 10.5. The highest BCUT2D eigenvalue weighted by Gasteiger charge is 2.21. The van der Waals surface area contributed by atoms with E-state index in [1.165, 1.54) is 53.1 Å². The molecule has 2 aromatic heterocycles. The molecule has 0 atom stereocenters. The van der Waals surface area contributed by atoms with Crippen LogP contribution in [-0.2, 0) is 0 Å². The van der Waals surface area contributed by atoms with E-state index in [0.717, 1.165) is 50.9 Å². The summed E-state index contributed by atoms with van der Waals surface area (Å²) in [6.45, 7) is 0. The fraction of sp³-hybridized carbons (Fsp3) is 0. The van der Waals surface area contributed by atoms with Crippen LogP contribution < -0.4 is 9.80 Å². The number of rotatable bonds is 9. The van der Waals surface area contributed by atoms with E-state index < -0.39 is 0 Å². The quantitative estimate of drug-likeness (QED) is 0.143. The van der Waals surface area contributed by atoms with Crippen LogP contribution in [0.3, 0.4) is 0 Å². The van der Waals surface area contributed by atoms with Crippen LogP contribution in [0.4, 0.5) is 34.1 Å². The SMILES string of the molecule is c1ccc(N(c2ccccc2)c2ccc(-c3cc(-c4ccc(N(c5ccccc5)c5ccccc5)cc4)c4c(c3)c3ccccc3n4-c3ccc4c(c3)sc3ccccc34)cc2)cc1. The number of benzene rings is 10. The van der Waals surface area contributed by atoms with Crippen molar-refractivity contribution in [1.82, 2.24) is 4.57 Å². The predicted molar refractivity (Wildman–Crippen MR) is 274 cm³/mol. The van der Waals surface area contributed by atoms with E-state index in [1.807, 2.05) is 11.3 Å². The largest absolute Gasteiger partial charge is 0.311 e. The van der Waals surface area contributed by atoms with Crippen molar-refractivity contribution in [2.24, 2.45) is 0 Å². The Morgan fingerprint density at radius 3 is 1.31 bits per heavy atom. The monoisotopic (exact) mass is 835 g/mol. The summed E-state index contributed by atoms with van der Waals surface area (Å²) in [5.41, 5.74) is 14.9. The third kappa shape index (κ3) is 6.60. The van der Waals surface area contributed by atoms with Crippen LogP contribution in [0.15, 0.2) is 249 Å². The van der Waals surface area contributed by atoms with Crippen molar-refractivity contribution in [2.75, 3.05) is 9.80 Å². The molecule has 10 aromatic carbocycles. The van der Waals surface area contributed by atoms with Crippen molar-refractivity contribution in [2.45, 2.75) is 0 Å². The maximum absolute atomic E-state index is 2.49. The highest BCUT2D eigenvalue weighted by molar-refractivity contribution is 7.25. The molecule has 4 heteroatoms. The van der Waals surface area contributed by atoms with Gasteiger partial charge in [-0.3, -0.25) is 0 Å². The first-order valence-electron chi connectivity index (χ1n) is 21.8. The van der Waals surface area contributed by atoms with Gasteiger partial charge in [0.1, 0.15) is 0 Å². The molecule has 0 aliphatic carbocycles.